The largest absolute Gasteiger partial charge is 0.390 e. The molecule has 1 saturated carbocycles. The van der Waals surface area contributed by atoms with E-state index in [0.717, 1.165) is 12.8 Å². The minimum atomic E-state index is -4.02. The lowest BCUT2D eigenvalue weighted by molar-refractivity contribution is -0.889. The lowest BCUT2D eigenvalue weighted by Crippen LogP contribution is -2.54. The van der Waals surface area contributed by atoms with Gasteiger partial charge in [-0.2, -0.15) is 8.42 Å². The van der Waals surface area contributed by atoms with Gasteiger partial charge < -0.3 is 44.3 Å². The topological polar surface area (TPSA) is 190 Å². The van der Waals surface area contributed by atoms with Crippen LogP contribution in [0.3, 0.4) is 0 Å². The summed E-state index contributed by atoms with van der Waals surface area (Å²) in [5.74, 6) is 0.742. The van der Waals surface area contributed by atoms with Gasteiger partial charge in [-0.1, -0.05) is 12.2 Å². The van der Waals surface area contributed by atoms with Crippen molar-refractivity contribution in [3.05, 3.63) is 12.2 Å². The number of carbonyl (C=O) groups is 2. The highest BCUT2D eigenvalue weighted by Gasteiger charge is 2.44. The number of methoxy groups -OCH3 is 1. The van der Waals surface area contributed by atoms with Crippen LogP contribution < -0.4 is 10.6 Å². The van der Waals surface area contributed by atoms with Crippen LogP contribution in [0.25, 0.3) is 0 Å². The Balaban J connectivity index is 1.30. The van der Waals surface area contributed by atoms with Crippen LogP contribution in [0.2, 0.25) is 0 Å². The monoisotopic (exact) mass is 690 g/mol. The van der Waals surface area contributed by atoms with Gasteiger partial charge in [0, 0.05) is 26.5 Å². The molecule has 15 heteroatoms. The third-order valence-corrected chi connectivity index (χ3v) is 10.9. The van der Waals surface area contributed by atoms with Crippen LogP contribution in [0.1, 0.15) is 58.3 Å². The molecule has 3 fully saturated rings. The van der Waals surface area contributed by atoms with Crippen molar-refractivity contribution in [3.63, 3.8) is 0 Å². The fourth-order valence-corrected chi connectivity index (χ4v) is 7.91. The van der Waals surface area contributed by atoms with Crippen molar-refractivity contribution in [2.45, 2.75) is 107 Å². The number of fused-ring (bicyclic) bond motifs is 2. The van der Waals surface area contributed by atoms with E-state index >= 15 is 0 Å². The van der Waals surface area contributed by atoms with E-state index in [-0.39, 0.29) is 49.4 Å². The SMILES string of the molecule is CO[C@@H]1C(CC(=O)NCC2CC3C=CC2C3)O[C@@H](O[C@@H]2C(CC(=O)NCC[N+](C)(C)CCCS(=O)(=O)O)O[C@@H](C)CC[C@H]2O)C[C@H]1O. The highest BCUT2D eigenvalue weighted by Crippen LogP contribution is 2.43. The van der Waals surface area contributed by atoms with Crippen molar-refractivity contribution in [2.75, 3.05) is 53.1 Å². The molecule has 2 saturated heterocycles. The number of hydrogen-bond donors (Lipinski definition) is 5. The zero-order valence-electron chi connectivity index (χ0n) is 28.2. The van der Waals surface area contributed by atoms with Gasteiger partial charge in [-0.3, -0.25) is 14.1 Å². The first-order valence-corrected chi connectivity index (χ1v) is 18.6. The van der Waals surface area contributed by atoms with Crippen molar-refractivity contribution in [2.24, 2.45) is 17.8 Å². The Labute approximate surface area is 278 Å². The van der Waals surface area contributed by atoms with Crippen molar-refractivity contribution >= 4 is 21.9 Å². The lowest BCUT2D eigenvalue weighted by atomic mass is 9.93. The number of quaternary nitrogens is 1. The van der Waals surface area contributed by atoms with E-state index in [9.17, 15) is 28.2 Å². The Morgan fingerprint density at radius 3 is 2.28 bits per heavy atom. The fourth-order valence-electron chi connectivity index (χ4n) is 7.42. The zero-order valence-corrected chi connectivity index (χ0v) is 29.0. The highest BCUT2D eigenvalue weighted by molar-refractivity contribution is 7.85. The molecule has 2 aliphatic heterocycles. The van der Waals surface area contributed by atoms with E-state index in [0.29, 0.717) is 61.3 Å². The van der Waals surface area contributed by atoms with Gasteiger partial charge in [0.05, 0.1) is 82.8 Å². The van der Waals surface area contributed by atoms with Gasteiger partial charge in [0.2, 0.25) is 11.8 Å². The quantitative estimate of drug-likeness (QED) is 0.0855. The normalized spacial score (nSPS) is 35.9. The maximum atomic E-state index is 13.0. The number of nitrogens with one attached hydrogen (secondary N) is 2. The van der Waals surface area contributed by atoms with Crippen LogP contribution in [0.5, 0.6) is 0 Å². The Hall–Kier alpha value is -1.69. The predicted molar refractivity (Wildman–Crippen MR) is 172 cm³/mol. The molecule has 2 amide bonds. The Kier molecular flexibility index (Phi) is 13.6. The summed E-state index contributed by atoms with van der Waals surface area (Å²) < 4.78 is 55.6. The van der Waals surface area contributed by atoms with E-state index < -0.39 is 53.0 Å². The zero-order chi connectivity index (χ0) is 34.4. The van der Waals surface area contributed by atoms with Gasteiger partial charge in [0.15, 0.2) is 6.29 Å². The molecule has 0 aromatic rings. The molecule has 2 heterocycles. The minimum absolute atomic E-state index is 0.0245. The molecule has 5 N–H and O–H groups in total. The molecule has 0 aromatic carbocycles. The third-order valence-electron chi connectivity index (χ3n) is 10.1. The van der Waals surface area contributed by atoms with Gasteiger partial charge in [0.25, 0.3) is 10.1 Å². The molecule has 0 spiro atoms. The summed E-state index contributed by atoms with van der Waals surface area (Å²) in [5.41, 5.74) is 0. The first-order valence-electron chi connectivity index (χ1n) is 17.0. The molecular formula is C32H56N3O11S+. The standard InChI is InChI=1S/C32H55N3O11S/c1-20-6-9-24(36)32(27(44-20)18-28(38)33-10-12-35(2,3)11-5-13-47(40,41)42)46-30-16-25(37)31(43-4)26(45-30)17-29(39)34-19-23-15-21-7-8-22(23)14-21/h7-8,20-27,30-32,36-37H,5-6,9-19H2,1-4H3,(H2-,33,34,38,39,40,41,42)/p+1/t20-,21?,22?,23?,24+,25+,26?,27?,30-,31-,32-/m0/s1. The molecule has 2 aliphatic carbocycles. The van der Waals surface area contributed by atoms with E-state index in [1.165, 1.54) is 7.11 Å². The van der Waals surface area contributed by atoms with E-state index in [1.54, 1.807) is 0 Å². The molecule has 4 aliphatic rings. The number of rotatable bonds is 16. The summed E-state index contributed by atoms with van der Waals surface area (Å²) in [6.07, 6.45) is 1.58. The number of carbonyl (C=O) groups excluding carboxylic acids is 2. The maximum absolute atomic E-state index is 13.0. The van der Waals surface area contributed by atoms with Crippen molar-refractivity contribution in [3.8, 4) is 0 Å². The second-order valence-electron chi connectivity index (χ2n) is 14.5. The Bertz CT molecular complexity index is 1180. The van der Waals surface area contributed by atoms with Gasteiger partial charge in [0.1, 0.15) is 12.2 Å². The van der Waals surface area contributed by atoms with E-state index in [1.807, 2.05) is 21.0 Å². The Morgan fingerprint density at radius 2 is 1.64 bits per heavy atom. The summed E-state index contributed by atoms with van der Waals surface area (Å²) in [4.78, 5) is 26.0. The average Bonchev–Trinajstić information content (AvgIpc) is 3.57. The van der Waals surface area contributed by atoms with E-state index in [2.05, 4.69) is 22.8 Å². The molecule has 11 atom stereocenters. The summed E-state index contributed by atoms with van der Waals surface area (Å²) >= 11 is 0. The van der Waals surface area contributed by atoms with Gasteiger partial charge >= 0.3 is 0 Å². The van der Waals surface area contributed by atoms with Crippen LogP contribution in [-0.2, 0) is 38.7 Å². The maximum Gasteiger partial charge on any atom is 0.265 e. The number of allylic oxidation sites excluding steroid dienone is 2. The fraction of sp³-hybridized carbons (Fsp3) is 0.875. The molecule has 0 aromatic heterocycles. The number of ether oxygens (including phenoxy) is 4. The first kappa shape index (κ1) is 38.1. The second kappa shape index (κ2) is 16.8. The molecule has 47 heavy (non-hydrogen) atoms. The third kappa shape index (κ3) is 11.7. The van der Waals surface area contributed by atoms with E-state index in [4.69, 9.17) is 23.5 Å². The van der Waals surface area contributed by atoms with Gasteiger partial charge in [-0.05, 0) is 50.4 Å². The average molecular weight is 691 g/mol. The molecule has 4 rings (SSSR count). The summed E-state index contributed by atoms with van der Waals surface area (Å²) in [7, 11) is 1.26. The molecular weight excluding hydrogens is 634 g/mol. The molecule has 0 radical (unpaired) electrons. The number of aliphatic hydroxyl groups is 2. The number of aliphatic hydroxyl groups excluding tert-OH is 2. The van der Waals surface area contributed by atoms with Crippen molar-refractivity contribution in [1.82, 2.24) is 10.6 Å². The van der Waals surface area contributed by atoms with Crippen LogP contribution in [0.4, 0.5) is 0 Å². The molecule has 2 bridgehead atoms. The highest BCUT2D eigenvalue weighted by atomic mass is 32.2. The van der Waals surface area contributed by atoms with Crippen LogP contribution >= 0.6 is 0 Å². The molecule has 14 nitrogen and oxygen atoms in total. The van der Waals surface area contributed by atoms with Crippen molar-refractivity contribution in [1.29, 1.82) is 0 Å². The summed E-state index contributed by atoms with van der Waals surface area (Å²) in [6, 6.07) is 0. The molecule has 270 valence electrons. The van der Waals surface area contributed by atoms with Gasteiger partial charge in [-0.15, -0.1) is 0 Å². The Morgan fingerprint density at radius 1 is 0.936 bits per heavy atom. The lowest BCUT2D eigenvalue weighted by Gasteiger charge is -2.41. The summed E-state index contributed by atoms with van der Waals surface area (Å²) in [6.45, 7) is 3.82. The summed E-state index contributed by atoms with van der Waals surface area (Å²) in [5, 5.41) is 27.9. The molecule has 5 unspecified atom stereocenters. The number of hydrogen-bond acceptors (Lipinski definition) is 10. The van der Waals surface area contributed by atoms with Crippen molar-refractivity contribution < 1.29 is 56.2 Å². The van der Waals surface area contributed by atoms with Crippen LogP contribution in [0.15, 0.2) is 12.2 Å². The van der Waals surface area contributed by atoms with Gasteiger partial charge in [-0.25, -0.2) is 0 Å². The minimum Gasteiger partial charge on any atom is -0.390 e. The van der Waals surface area contributed by atoms with Crippen LogP contribution in [0, 0.1) is 17.8 Å². The predicted octanol–water partition coefficient (Wildman–Crippen LogP) is 0.370. The van der Waals surface area contributed by atoms with Crippen LogP contribution in [-0.4, -0.2) is 142 Å². The number of likely N-dealkylation sites (N-methyl/N-ethyl adjacent to an activating group) is 1. The number of nitrogens with zero attached hydrogens (tertiary/aromatic N) is 1. The smallest absolute Gasteiger partial charge is 0.265 e. The number of amides is 2. The first-order chi connectivity index (χ1) is 22.1. The second-order valence-corrected chi connectivity index (χ2v) is 16.0.